The zero-order valence-electron chi connectivity index (χ0n) is 6.88. The van der Waals surface area contributed by atoms with E-state index in [1.165, 1.54) is 17.7 Å². The summed E-state index contributed by atoms with van der Waals surface area (Å²) in [5, 5.41) is 15.6. The molecule has 1 aromatic heterocycles. The van der Waals surface area contributed by atoms with Gasteiger partial charge >= 0.3 is 0 Å². The van der Waals surface area contributed by atoms with Gasteiger partial charge in [0, 0.05) is 18.0 Å². The summed E-state index contributed by atoms with van der Waals surface area (Å²) in [7, 11) is 0. The van der Waals surface area contributed by atoms with Crippen LogP contribution in [0, 0.1) is 11.3 Å². The van der Waals surface area contributed by atoms with E-state index in [1.54, 1.807) is 0 Å². The van der Waals surface area contributed by atoms with E-state index >= 15 is 0 Å². The molecule has 1 atom stereocenters. The van der Waals surface area contributed by atoms with Gasteiger partial charge in [-0.25, -0.2) is 0 Å². The maximum Gasteiger partial charge on any atom is 0.0628 e. The minimum absolute atomic E-state index is 0.428. The molecule has 0 amide bonds. The molecule has 1 unspecified atom stereocenters. The van der Waals surface area contributed by atoms with Gasteiger partial charge in [0.05, 0.1) is 12.3 Å². The molecule has 1 N–H and O–H groups in total. The number of hydrogen-bond donors (Lipinski definition) is 1. The Bertz CT molecular complexity index is 308. The molecule has 3 heteroatoms. The van der Waals surface area contributed by atoms with Crippen molar-refractivity contribution in [3.05, 3.63) is 17.5 Å². The maximum absolute atomic E-state index is 8.60. The Labute approximate surface area is 71.4 Å². The first-order valence-electron chi connectivity index (χ1n) is 4.31. The predicted octanol–water partition coefficient (Wildman–Crippen LogP) is 1.74. The van der Waals surface area contributed by atoms with Gasteiger partial charge in [0.1, 0.15) is 0 Å². The highest BCUT2D eigenvalue weighted by Crippen LogP contribution is 2.31. The molecule has 12 heavy (non-hydrogen) atoms. The van der Waals surface area contributed by atoms with Gasteiger partial charge in [0.2, 0.25) is 0 Å². The highest BCUT2D eigenvalue weighted by atomic mass is 15.1. The third-order valence-corrected chi connectivity index (χ3v) is 2.51. The van der Waals surface area contributed by atoms with Gasteiger partial charge < -0.3 is 0 Å². The second-order valence-electron chi connectivity index (χ2n) is 3.26. The van der Waals surface area contributed by atoms with Crippen molar-refractivity contribution in [2.24, 2.45) is 0 Å². The van der Waals surface area contributed by atoms with Crippen molar-refractivity contribution < 1.29 is 0 Å². The van der Waals surface area contributed by atoms with Gasteiger partial charge in [-0.1, -0.05) is 0 Å². The van der Waals surface area contributed by atoms with E-state index in [-0.39, 0.29) is 0 Å². The van der Waals surface area contributed by atoms with Crippen LogP contribution in [0.15, 0.2) is 6.20 Å². The average molecular weight is 161 g/mol. The molecular formula is C9H11N3. The molecule has 0 fully saturated rings. The first kappa shape index (κ1) is 7.35. The Morgan fingerprint density at radius 1 is 1.75 bits per heavy atom. The van der Waals surface area contributed by atoms with Crippen LogP contribution in [0.5, 0.6) is 0 Å². The summed E-state index contributed by atoms with van der Waals surface area (Å²) >= 11 is 0. The fraction of sp³-hybridized carbons (Fsp3) is 0.556. The highest BCUT2D eigenvalue weighted by Gasteiger charge is 2.20. The molecule has 1 aromatic rings. The van der Waals surface area contributed by atoms with Crippen molar-refractivity contribution >= 4 is 0 Å². The molecular weight excluding hydrogens is 150 g/mol. The number of nitrogens with zero attached hydrogens (tertiary/aromatic N) is 2. The quantitative estimate of drug-likeness (QED) is 0.682. The SMILES string of the molecule is N#CCC1CCCc2[nH]ncc21. The molecule has 0 aromatic carbocycles. The average Bonchev–Trinajstić information content (AvgIpc) is 2.53. The lowest BCUT2D eigenvalue weighted by Gasteiger charge is -2.18. The zero-order chi connectivity index (χ0) is 8.39. The van der Waals surface area contributed by atoms with Crippen LogP contribution in [0.4, 0.5) is 0 Å². The number of aryl methyl sites for hydroxylation is 1. The van der Waals surface area contributed by atoms with Crippen molar-refractivity contribution in [1.29, 1.82) is 5.26 Å². The maximum atomic E-state index is 8.60. The number of rotatable bonds is 1. The lowest BCUT2D eigenvalue weighted by atomic mass is 9.85. The molecule has 0 aliphatic heterocycles. The molecule has 0 spiro atoms. The second-order valence-corrected chi connectivity index (χ2v) is 3.26. The predicted molar refractivity (Wildman–Crippen MR) is 44.5 cm³/mol. The Kier molecular flexibility index (Phi) is 1.83. The lowest BCUT2D eigenvalue weighted by Crippen LogP contribution is -2.07. The normalized spacial score (nSPS) is 21.4. The Hall–Kier alpha value is -1.30. The van der Waals surface area contributed by atoms with Crippen molar-refractivity contribution in [3.8, 4) is 6.07 Å². The van der Waals surface area contributed by atoms with Crippen LogP contribution in [0.3, 0.4) is 0 Å². The largest absolute Gasteiger partial charge is 0.282 e. The molecule has 1 aliphatic rings. The van der Waals surface area contributed by atoms with E-state index in [4.69, 9.17) is 5.26 Å². The van der Waals surface area contributed by atoms with E-state index in [2.05, 4.69) is 16.3 Å². The fourth-order valence-electron chi connectivity index (χ4n) is 1.88. The standard InChI is InChI=1S/C9H11N3/c10-5-4-7-2-1-3-9-8(7)6-11-12-9/h6-7H,1-4H2,(H,11,12). The topological polar surface area (TPSA) is 52.5 Å². The number of H-pyrrole nitrogens is 1. The third-order valence-electron chi connectivity index (χ3n) is 2.51. The third kappa shape index (κ3) is 1.10. The van der Waals surface area contributed by atoms with Gasteiger partial charge in [-0.05, 0) is 24.8 Å². The lowest BCUT2D eigenvalue weighted by molar-refractivity contribution is 0.558. The van der Waals surface area contributed by atoms with Gasteiger partial charge in [0.15, 0.2) is 0 Å². The summed E-state index contributed by atoms with van der Waals surface area (Å²) in [5.41, 5.74) is 2.50. The summed E-state index contributed by atoms with van der Waals surface area (Å²) in [5.74, 6) is 0.428. The fourth-order valence-corrected chi connectivity index (χ4v) is 1.88. The van der Waals surface area contributed by atoms with Crippen LogP contribution in [0.2, 0.25) is 0 Å². The first-order chi connectivity index (χ1) is 5.92. The first-order valence-corrected chi connectivity index (χ1v) is 4.31. The van der Waals surface area contributed by atoms with E-state index in [0.717, 1.165) is 12.8 Å². The van der Waals surface area contributed by atoms with Gasteiger partial charge in [-0.15, -0.1) is 0 Å². The number of fused-ring (bicyclic) bond motifs is 1. The van der Waals surface area contributed by atoms with Crippen LogP contribution < -0.4 is 0 Å². The number of nitrogens with one attached hydrogen (secondary N) is 1. The van der Waals surface area contributed by atoms with Crippen LogP contribution in [0.1, 0.15) is 36.4 Å². The molecule has 1 aliphatic carbocycles. The van der Waals surface area contributed by atoms with Crippen LogP contribution >= 0.6 is 0 Å². The molecule has 0 radical (unpaired) electrons. The smallest absolute Gasteiger partial charge is 0.0628 e. The summed E-state index contributed by atoms with van der Waals surface area (Å²) in [6.45, 7) is 0. The van der Waals surface area contributed by atoms with E-state index in [1.807, 2.05) is 6.20 Å². The summed E-state index contributed by atoms with van der Waals surface area (Å²) < 4.78 is 0. The zero-order valence-corrected chi connectivity index (χ0v) is 6.88. The van der Waals surface area contributed by atoms with Gasteiger partial charge in [-0.3, -0.25) is 5.10 Å². The van der Waals surface area contributed by atoms with Crippen molar-refractivity contribution in [2.45, 2.75) is 31.6 Å². The van der Waals surface area contributed by atoms with Crippen molar-refractivity contribution in [3.63, 3.8) is 0 Å². The Balaban J connectivity index is 2.26. The molecule has 2 rings (SSSR count). The summed E-state index contributed by atoms with van der Waals surface area (Å²) in [4.78, 5) is 0. The van der Waals surface area contributed by atoms with Gasteiger partial charge in [-0.2, -0.15) is 10.4 Å². The van der Waals surface area contributed by atoms with Crippen LogP contribution in [-0.2, 0) is 6.42 Å². The highest BCUT2D eigenvalue weighted by molar-refractivity contribution is 5.24. The molecule has 0 saturated carbocycles. The molecule has 62 valence electrons. The van der Waals surface area contributed by atoms with E-state index < -0.39 is 0 Å². The summed E-state index contributed by atoms with van der Waals surface area (Å²) in [6.07, 6.45) is 5.92. The van der Waals surface area contributed by atoms with Crippen molar-refractivity contribution in [2.75, 3.05) is 0 Å². The molecule has 0 bridgehead atoms. The number of nitriles is 1. The van der Waals surface area contributed by atoms with Crippen molar-refractivity contribution in [1.82, 2.24) is 10.2 Å². The van der Waals surface area contributed by atoms with E-state index in [9.17, 15) is 0 Å². The minimum Gasteiger partial charge on any atom is -0.282 e. The van der Waals surface area contributed by atoms with E-state index in [0.29, 0.717) is 12.3 Å². The van der Waals surface area contributed by atoms with Gasteiger partial charge in [0.25, 0.3) is 0 Å². The minimum atomic E-state index is 0.428. The molecule has 3 nitrogen and oxygen atoms in total. The summed E-state index contributed by atoms with van der Waals surface area (Å²) in [6, 6.07) is 2.23. The van der Waals surface area contributed by atoms with Crippen LogP contribution in [0.25, 0.3) is 0 Å². The Morgan fingerprint density at radius 3 is 3.50 bits per heavy atom. The number of aromatic amines is 1. The van der Waals surface area contributed by atoms with Crippen LogP contribution in [-0.4, -0.2) is 10.2 Å². The Morgan fingerprint density at radius 2 is 2.67 bits per heavy atom. The number of aromatic nitrogens is 2. The monoisotopic (exact) mass is 161 g/mol. The number of hydrogen-bond acceptors (Lipinski definition) is 2. The molecule has 0 saturated heterocycles. The molecule has 1 heterocycles. The second kappa shape index (κ2) is 2.98.